The number of para-hydroxylation sites is 1. The zero-order valence-electron chi connectivity index (χ0n) is 13.2. The quantitative estimate of drug-likeness (QED) is 0.685. The Morgan fingerprint density at radius 1 is 1.09 bits per heavy atom. The molecular formula is C17H17FN4O. The van der Waals surface area contributed by atoms with Crippen LogP contribution < -0.4 is 0 Å². The zero-order chi connectivity index (χ0) is 16.6. The number of hydrogen-bond acceptors (Lipinski definition) is 4. The third-order valence-corrected chi connectivity index (χ3v) is 3.40. The van der Waals surface area contributed by atoms with Gasteiger partial charge >= 0.3 is 0 Å². The Labute approximate surface area is 133 Å². The van der Waals surface area contributed by atoms with Crippen LogP contribution in [0.1, 0.15) is 26.5 Å². The molecule has 23 heavy (non-hydrogen) atoms. The molecule has 0 aliphatic rings. The molecule has 0 aliphatic carbocycles. The van der Waals surface area contributed by atoms with E-state index in [1.165, 1.54) is 18.3 Å². The first-order chi connectivity index (χ1) is 10.9. The molecule has 0 amide bonds. The molecule has 0 fully saturated rings. The Hall–Kier alpha value is -2.76. The van der Waals surface area contributed by atoms with Crippen LogP contribution >= 0.6 is 0 Å². The maximum Gasteiger partial charge on any atom is 0.183 e. The van der Waals surface area contributed by atoms with Crippen LogP contribution in [0.25, 0.3) is 5.65 Å². The van der Waals surface area contributed by atoms with Crippen LogP contribution in [-0.4, -0.2) is 14.5 Å². The highest BCUT2D eigenvalue weighted by Crippen LogP contribution is 2.34. The second kappa shape index (κ2) is 5.46. The number of phenolic OH excluding ortho intramolecular Hbond substituents is 1. The Morgan fingerprint density at radius 2 is 1.83 bits per heavy atom. The fourth-order valence-electron chi connectivity index (χ4n) is 2.25. The summed E-state index contributed by atoms with van der Waals surface area (Å²) >= 11 is 0. The highest BCUT2D eigenvalue weighted by atomic mass is 19.1. The molecule has 0 aliphatic heterocycles. The van der Waals surface area contributed by atoms with E-state index in [0.717, 1.165) is 0 Å². The van der Waals surface area contributed by atoms with Crippen LogP contribution in [0.2, 0.25) is 0 Å². The van der Waals surface area contributed by atoms with Crippen LogP contribution in [0.5, 0.6) is 5.75 Å². The number of halogens is 1. The van der Waals surface area contributed by atoms with Crippen molar-refractivity contribution in [3.05, 3.63) is 54.1 Å². The SMILES string of the molecule is CC(C)(C)c1nc2ccc(F)cn2c1N=Nc1ccccc1O. The maximum absolute atomic E-state index is 13.6. The number of aromatic nitrogens is 2. The molecule has 3 aromatic rings. The van der Waals surface area contributed by atoms with Gasteiger partial charge in [-0.3, -0.25) is 4.40 Å². The second-order valence-electron chi connectivity index (χ2n) is 6.30. The highest BCUT2D eigenvalue weighted by molar-refractivity contribution is 5.55. The second-order valence-corrected chi connectivity index (χ2v) is 6.30. The molecule has 0 radical (unpaired) electrons. The lowest BCUT2D eigenvalue weighted by atomic mass is 9.92. The van der Waals surface area contributed by atoms with Gasteiger partial charge in [-0.15, -0.1) is 10.2 Å². The van der Waals surface area contributed by atoms with E-state index in [-0.39, 0.29) is 17.0 Å². The van der Waals surface area contributed by atoms with Crippen LogP contribution in [0, 0.1) is 5.82 Å². The van der Waals surface area contributed by atoms with Crippen LogP contribution in [0.4, 0.5) is 15.9 Å². The molecule has 5 nitrogen and oxygen atoms in total. The predicted molar refractivity (Wildman–Crippen MR) is 86.1 cm³/mol. The maximum atomic E-state index is 13.6. The Bertz CT molecular complexity index is 893. The molecule has 0 bridgehead atoms. The first-order valence-electron chi connectivity index (χ1n) is 7.24. The van der Waals surface area contributed by atoms with Gasteiger partial charge in [0.05, 0.1) is 5.69 Å². The summed E-state index contributed by atoms with van der Waals surface area (Å²) in [7, 11) is 0. The van der Waals surface area contributed by atoms with Crippen molar-refractivity contribution in [2.45, 2.75) is 26.2 Å². The van der Waals surface area contributed by atoms with Gasteiger partial charge in [0, 0.05) is 11.6 Å². The number of rotatable bonds is 2. The Morgan fingerprint density at radius 3 is 2.52 bits per heavy atom. The van der Waals surface area contributed by atoms with Crippen molar-refractivity contribution < 1.29 is 9.50 Å². The average molecular weight is 312 g/mol. The number of azo groups is 1. The summed E-state index contributed by atoms with van der Waals surface area (Å²) in [5.74, 6) is 0.109. The summed E-state index contributed by atoms with van der Waals surface area (Å²) in [4.78, 5) is 4.54. The molecule has 0 unspecified atom stereocenters. The van der Waals surface area contributed by atoms with Gasteiger partial charge in [-0.05, 0) is 24.3 Å². The molecule has 1 N–H and O–H groups in total. The third kappa shape index (κ3) is 2.92. The standard InChI is InChI=1S/C17H17FN4O/c1-17(2,3)15-16(21-20-12-6-4-5-7-13(12)23)22-10-11(18)8-9-14(22)19-15/h4-10,23H,1-3H3. The molecule has 2 heterocycles. The summed E-state index contributed by atoms with van der Waals surface area (Å²) in [5.41, 5.74) is 1.37. The highest BCUT2D eigenvalue weighted by Gasteiger charge is 2.24. The average Bonchev–Trinajstić information content (AvgIpc) is 2.84. The normalized spacial score (nSPS) is 12.3. The topological polar surface area (TPSA) is 62.2 Å². The number of pyridine rings is 1. The number of hydrogen-bond donors (Lipinski definition) is 1. The van der Waals surface area contributed by atoms with Gasteiger partial charge < -0.3 is 5.11 Å². The fourth-order valence-corrected chi connectivity index (χ4v) is 2.25. The first-order valence-corrected chi connectivity index (χ1v) is 7.24. The molecule has 0 spiro atoms. The summed E-state index contributed by atoms with van der Waals surface area (Å²) in [6.45, 7) is 6.01. The molecule has 1 aromatic carbocycles. The summed E-state index contributed by atoms with van der Waals surface area (Å²) in [6, 6.07) is 9.61. The number of imidazole rings is 1. The summed E-state index contributed by atoms with van der Waals surface area (Å²) < 4.78 is 15.2. The molecule has 0 saturated heterocycles. The molecule has 118 valence electrons. The number of fused-ring (bicyclic) bond motifs is 1. The van der Waals surface area contributed by atoms with Crippen molar-refractivity contribution in [3.8, 4) is 5.75 Å². The van der Waals surface area contributed by atoms with Gasteiger partial charge in [-0.1, -0.05) is 32.9 Å². The van der Waals surface area contributed by atoms with E-state index in [9.17, 15) is 9.50 Å². The lowest BCUT2D eigenvalue weighted by Gasteiger charge is -2.15. The zero-order valence-corrected chi connectivity index (χ0v) is 13.2. The van der Waals surface area contributed by atoms with E-state index >= 15 is 0 Å². The minimum atomic E-state index is -0.380. The number of nitrogens with zero attached hydrogens (tertiary/aromatic N) is 4. The lowest BCUT2D eigenvalue weighted by molar-refractivity contribution is 0.476. The van der Waals surface area contributed by atoms with Crippen molar-refractivity contribution in [3.63, 3.8) is 0 Å². The van der Waals surface area contributed by atoms with Crippen LogP contribution in [0.3, 0.4) is 0 Å². The molecular weight excluding hydrogens is 295 g/mol. The summed E-state index contributed by atoms with van der Waals surface area (Å²) in [5, 5.41) is 18.1. The van der Waals surface area contributed by atoms with Crippen molar-refractivity contribution in [1.82, 2.24) is 9.38 Å². The predicted octanol–water partition coefficient (Wildman–Crippen LogP) is 4.89. The van der Waals surface area contributed by atoms with Gasteiger partial charge in [-0.2, -0.15) is 0 Å². The van der Waals surface area contributed by atoms with E-state index in [0.29, 0.717) is 22.8 Å². The monoisotopic (exact) mass is 312 g/mol. The molecule has 0 atom stereocenters. The van der Waals surface area contributed by atoms with Gasteiger partial charge in [0.1, 0.15) is 22.9 Å². The van der Waals surface area contributed by atoms with E-state index in [1.54, 1.807) is 28.7 Å². The van der Waals surface area contributed by atoms with Crippen LogP contribution in [-0.2, 0) is 5.41 Å². The largest absolute Gasteiger partial charge is 0.506 e. The Balaban J connectivity index is 2.18. The summed E-state index contributed by atoms with van der Waals surface area (Å²) in [6.07, 6.45) is 1.33. The van der Waals surface area contributed by atoms with Gasteiger partial charge in [0.2, 0.25) is 0 Å². The van der Waals surface area contributed by atoms with E-state index in [1.807, 2.05) is 20.8 Å². The third-order valence-electron chi connectivity index (χ3n) is 3.40. The van der Waals surface area contributed by atoms with E-state index in [4.69, 9.17) is 0 Å². The fraction of sp³-hybridized carbons (Fsp3) is 0.235. The molecule has 6 heteroatoms. The van der Waals surface area contributed by atoms with Crippen molar-refractivity contribution in [2.75, 3.05) is 0 Å². The van der Waals surface area contributed by atoms with E-state index < -0.39 is 0 Å². The minimum absolute atomic E-state index is 0.0357. The molecule has 0 saturated carbocycles. The number of phenols is 1. The van der Waals surface area contributed by atoms with Crippen molar-refractivity contribution in [2.24, 2.45) is 10.2 Å². The lowest BCUT2D eigenvalue weighted by Crippen LogP contribution is -2.11. The van der Waals surface area contributed by atoms with Gasteiger partial charge in [0.25, 0.3) is 0 Å². The van der Waals surface area contributed by atoms with Crippen LogP contribution in [0.15, 0.2) is 52.8 Å². The van der Waals surface area contributed by atoms with Gasteiger partial charge in [0.15, 0.2) is 5.82 Å². The van der Waals surface area contributed by atoms with E-state index in [2.05, 4.69) is 15.2 Å². The van der Waals surface area contributed by atoms with Crippen molar-refractivity contribution >= 4 is 17.2 Å². The Kier molecular flexibility index (Phi) is 3.60. The molecule has 2 aromatic heterocycles. The smallest absolute Gasteiger partial charge is 0.183 e. The number of benzene rings is 1. The van der Waals surface area contributed by atoms with Gasteiger partial charge in [-0.25, -0.2) is 9.37 Å². The molecule has 3 rings (SSSR count). The first kappa shape index (κ1) is 15.1. The minimum Gasteiger partial charge on any atom is -0.506 e. The van der Waals surface area contributed by atoms with Crippen molar-refractivity contribution in [1.29, 1.82) is 0 Å². The number of aromatic hydroxyl groups is 1.